The molecular formula is C14H20Cl3NO. The third kappa shape index (κ3) is 6.22. The molecule has 1 rings (SSSR count). The highest BCUT2D eigenvalue weighted by atomic mass is 35.5. The van der Waals surface area contributed by atoms with Crippen LogP contribution < -0.4 is 10.1 Å². The van der Waals surface area contributed by atoms with E-state index in [4.69, 9.17) is 39.5 Å². The predicted molar refractivity (Wildman–Crippen MR) is 83.9 cm³/mol. The van der Waals surface area contributed by atoms with Gasteiger partial charge in [-0.05, 0) is 32.9 Å². The zero-order valence-corrected chi connectivity index (χ0v) is 14.0. The number of hydrogen-bond donors (Lipinski definition) is 1. The van der Waals surface area contributed by atoms with E-state index in [1.165, 1.54) is 0 Å². The lowest BCUT2D eigenvalue weighted by atomic mass is 10.1. The molecule has 0 bridgehead atoms. The van der Waals surface area contributed by atoms with Crippen LogP contribution in [-0.4, -0.2) is 18.7 Å². The van der Waals surface area contributed by atoms with Gasteiger partial charge in [-0.15, -0.1) is 0 Å². The Balaban J connectivity index is 2.53. The second-order valence-electron chi connectivity index (χ2n) is 5.75. The summed E-state index contributed by atoms with van der Waals surface area (Å²) < 4.78 is 5.69. The Morgan fingerprint density at radius 2 is 1.68 bits per heavy atom. The van der Waals surface area contributed by atoms with Crippen molar-refractivity contribution in [2.75, 3.05) is 13.2 Å². The highest BCUT2D eigenvalue weighted by molar-refractivity contribution is 6.40. The van der Waals surface area contributed by atoms with Crippen LogP contribution in [0.1, 0.15) is 27.7 Å². The molecule has 0 saturated heterocycles. The summed E-state index contributed by atoms with van der Waals surface area (Å²) in [7, 11) is 0. The normalized spacial score (nSPS) is 13.4. The third-order valence-electron chi connectivity index (χ3n) is 2.46. The maximum atomic E-state index is 6.06. The van der Waals surface area contributed by atoms with Gasteiger partial charge in [0.25, 0.3) is 0 Å². The van der Waals surface area contributed by atoms with Gasteiger partial charge in [-0.2, -0.15) is 0 Å². The van der Waals surface area contributed by atoms with Gasteiger partial charge < -0.3 is 10.1 Å². The molecular weight excluding hydrogens is 305 g/mol. The van der Waals surface area contributed by atoms with Crippen LogP contribution in [0.3, 0.4) is 0 Å². The molecule has 0 aliphatic carbocycles. The predicted octanol–water partition coefficient (Wildman–Crippen LogP) is 5.05. The maximum absolute atomic E-state index is 6.06. The van der Waals surface area contributed by atoms with Crippen LogP contribution in [0.2, 0.25) is 15.1 Å². The summed E-state index contributed by atoms with van der Waals surface area (Å²) in [6.45, 7) is 9.92. The molecule has 0 fully saturated rings. The van der Waals surface area contributed by atoms with E-state index >= 15 is 0 Å². The molecule has 1 aromatic carbocycles. The first-order chi connectivity index (χ1) is 8.69. The molecule has 19 heavy (non-hydrogen) atoms. The maximum Gasteiger partial charge on any atom is 0.156 e. The number of nitrogens with one attached hydrogen (secondary N) is 1. The average molecular weight is 325 g/mol. The largest absolute Gasteiger partial charge is 0.490 e. The summed E-state index contributed by atoms with van der Waals surface area (Å²) in [4.78, 5) is 0. The fourth-order valence-electron chi connectivity index (χ4n) is 1.43. The van der Waals surface area contributed by atoms with Gasteiger partial charge in [0.1, 0.15) is 0 Å². The topological polar surface area (TPSA) is 21.3 Å². The molecule has 0 aromatic heterocycles. The Labute approximate surface area is 130 Å². The first-order valence-corrected chi connectivity index (χ1v) is 7.35. The Bertz CT molecular complexity index is 406. The third-order valence-corrected chi connectivity index (χ3v) is 3.24. The minimum absolute atomic E-state index is 0.101. The first kappa shape index (κ1) is 16.9. The molecule has 1 atom stereocenters. The Kier molecular flexibility index (Phi) is 6.25. The number of halogens is 3. The molecule has 1 unspecified atom stereocenters. The molecule has 2 nitrogen and oxygen atoms in total. The molecule has 0 radical (unpaired) electrons. The van der Waals surface area contributed by atoms with E-state index in [2.05, 4.69) is 33.0 Å². The van der Waals surface area contributed by atoms with Crippen LogP contribution in [0.4, 0.5) is 0 Å². The van der Waals surface area contributed by atoms with Crippen molar-refractivity contribution in [2.45, 2.75) is 33.2 Å². The average Bonchev–Trinajstić information content (AvgIpc) is 2.23. The zero-order valence-electron chi connectivity index (χ0n) is 11.7. The summed E-state index contributed by atoms with van der Waals surface area (Å²) in [5, 5.41) is 4.81. The lowest BCUT2D eigenvalue weighted by Crippen LogP contribution is -2.39. The van der Waals surface area contributed by atoms with Crippen LogP contribution in [0.15, 0.2) is 12.1 Å². The van der Waals surface area contributed by atoms with Crippen LogP contribution in [0.5, 0.6) is 5.75 Å². The van der Waals surface area contributed by atoms with Crippen LogP contribution >= 0.6 is 34.8 Å². The summed E-state index contributed by atoms with van der Waals surface area (Å²) in [5.74, 6) is 0.845. The lowest BCUT2D eigenvalue weighted by molar-refractivity contribution is 0.244. The number of ether oxygens (including phenoxy) is 1. The molecule has 1 N–H and O–H groups in total. The Morgan fingerprint density at radius 1 is 1.16 bits per heavy atom. The van der Waals surface area contributed by atoms with Crippen molar-refractivity contribution < 1.29 is 4.74 Å². The van der Waals surface area contributed by atoms with Gasteiger partial charge in [0.15, 0.2) is 5.75 Å². The summed E-state index contributed by atoms with van der Waals surface area (Å²) in [6, 6.07) is 3.25. The van der Waals surface area contributed by atoms with E-state index in [0.717, 1.165) is 6.54 Å². The van der Waals surface area contributed by atoms with Gasteiger partial charge in [0.2, 0.25) is 0 Å². The second kappa shape index (κ2) is 7.03. The van der Waals surface area contributed by atoms with Crippen molar-refractivity contribution in [1.29, 1.82) is 0 Å². The lowest BCUT2D eigenvalue weighted by Gasteiger charge is -2.23. The summed E-state index contributed by atoms with van der Waals surface area (Å²) in [6.07, 6.45) is 0. The Hall–Kier alpha value is -0.150. The fraction of sp³-hybridized carbons (Fsp3) is 0.571. The molecule has 0 saturated carbocycles. The SMILES string of the molecule is CC(CNC(C)(C)C)COc1c(Cl)cc(Cl)cc1Cl. The molecule has 0 aliphatic heterocycles. The minimum atomic E-state index is 0.101. The van der Waals surface area contributed by atoms with Gasteiger partial charge in [0.05, 0.1) is 16.7 Å². The van der Waals surface area contributed by atoms with E-state index in [9.17, 15) is 0 Å². The summed E-state index contributed by atoms with van der Waals surface area (Å²) in [5.41, 5.74) is 0.101. The van der Waals surface area contributed by atoms with E-state index in [1.54, 1.807) is 12.1 Å². The zero-order chi connectivity index (χ0) is 14.6. The molecule has 0 aliphatic rings. The van der Waals surface area contributed by atoms with Crippen molar-refractivity contribution in [3.63, 3.8) is 0 Å². The van der Waals surface area contributed by atoms with Crippen LogP contribution in [0.25, 0.3) is 0 Å². The van der Waals surface area contributed by atoms with Crippen LogP contribution in [-0.2, 0) is 0 Å². The van der Waals surface area contributed by atoms with Crippen molar-refractivity contribution in [1.82, 2.24) is 5.32 Å². The van der Waals surface area contributed by atoms with Gasteiger partial charge in [-0.1, -0.05) is 41.7 Å². The van der Waals surface area contributed by atoms with Gasteiger partial charge in [-0.3, -0.25) is 0 Å². The highest BCUT2D eigenvalue weighted by Gasteiger charge is 2.14. The highest BCUT2D eigenvalue weighted by Crippen LogP contribution is 2.35. The second-order valence-corrected chi connectivity index (χ2v) is 7.00. The molecule has 0 amide bonds. The monoisotopic (exact) mass is 323 g/mol. The standard InChI is InChI=1S/C14H20Cl3NO/c1-9(7-18-14(2,3)4)8-19-13-11(16)5-10(15)6-12(13)17/h5-6,9,18H,7-8H2,1-4H3. The fourth-order valence-corrected chi connectivity index (χ4v) is 2.36. The van der Waals surface area contributed by atoms with E-state index in [-0.39, 0.29) is 5.54 Å². The summed E-state index contributed by atoms with van der Waals surface area (Å²) >= 11 is 18.0. The number of benzene rings is 1. The number of rotatable bonds is 5. The van der Waals surface area contributed by atoms with Crippen LogP contribution in [0, 0.1) is 5.92 Å². The van der Waals surface area contributed by atoms with E-state index in [1.807, 2.05) is 0 Å². The Morgan fingerprint density at radius 3 is 2.16 bits per heavy atom. The van der Waals surface area contributed by atoms with E-state index in [0.29, 0.717) is 33.3 Å². The quantitative estimate of drug-likeness (QED) is 0.818. The van der Waals surface area contributed by atoms with Crippen molar-refractivity contribution >= 4 is 34.8 Å². The molecule has 108 valence electrons. The first-order valence-electron chi connectivity index (χ1n) is 6.21. The molecule has 5 heteroatoms. The van der Waals surface area contributed by atoms with Crippen molar-refractivity contribution in [3.8, 4) is 5.75 Å². The van der Waals surface area contributed by atoms with Gasteiger partial charge >= 0.3 is 0 Å². The minimum Gasteiger partial charge on any atom is -0.490 e. The smallest absolute Gasteiger partial charge is 0.156 e. The number of hydrogen-bond acceptors (Lipinski definition) is 2. The van der Waals surface area contributed by atoms with E-state index < -0.39 is 0 Å². The van der Waals surface area contributed by atoms with Gasteiger partial charge in [-0.25, -0.2) is 0 Å². The molecule has 0 spiro atoms. The molecule has 1 aromatic rings. The van der Waals surface area contributed by atoms with Crippen molar-refractivity contribution in [2.24, 2.45) is 5.92 Å². The van der Waals surface area contributed by atoms with Crippen molar-refractivity contribution in [3.05, 3.63) is 27.2 Å². The van der Waals surface area contributed by atoms with Gasteiger partial charge in [0, 0.05) is 23.0 Å². The molecule has 0 heterocycles.